The van der Waals surface area contributed by atoms with E-state index in [2.05, 4.69) is 4.74 Å². The summed E-state index contributed by atoms with van der Waals surface area (Å²) in [5.74, 6) is -0.760. The molecule has 5 heteroatoms. The number of carbonyl (C=O) groups excluding carboxylic acids is 2. The molecule has 1 atom stereocenters. The second-order valence-electron chi connectivity index (χ2n) is 2.68. The number of methoxy groups -OCH3 is 1. The molecule has 0 bridgehead atoms. The Morgan fingerprint density at radius 3 is 2.17 bits per heavy atom. The first-order valence-corrected chi connectivity index (χ1v) is 3.54. The number of rotatable bonds is 3. The van der Waals surface area contributed by atoms with E-state index >= 15 is 0 Å². The molecule has 0 heterocycles. The molecule has 5 nitrogen and oxygen atoms in total. The zero-order chi connectivity index (χ0) is 9.72. The molecule has 0 saturated carbocycles. The maximum absolute atomic E-state index is 10.9. The quantitative estimate of drug-likeness (QED) is 0.563. The largest absolute Gasteiger partial charge is 0.530 e. The maximum Gasteiger partial charge on any atom is 0.328 e. The Balaban J connectivity index is 4.23. The van der Waals surface area contributed by atoms with Crippen molar-refractivity contribution < 1.29 is 19.4 Å². The Bertz CT molecular complexity index is 178. The number of hydrogen-bond donors (Lipinski definition) is 1. The van der Waals surface area contributed by atoms with Crippen molar-refractivity contribution in [1.82, 2.24) is 5.32 Å². The van der Waals surface area contributed by atoms with E-state index in [9.17, 15) is 14.7 Å². The van der Waals surface area contributed by atoms with Gasteiger partial charge in [-0.25, -0.2) is 4.79 Å². The molecule has 0 aliphatic carbocycles. The molecule has 0 aromatic heterocycles. The first-order chi connectivity index (χ1) is 5.49. The fraction of sp³-hybridized carbons (Fsp3) is 0.714. The average molecular weight is 174 g/mol. The highest BCUT2D eigenvalue weighted by Gasteiger charge is 2.22. The number of ether oxygens (including phenoxy) is 1. The van der Waals surface area contributed by atoms with Crippen molar-refractivity contribution in [3.05, 3.63) is 0 Å². The van der Waals surface area contributed by atoms with Crippen LogP contribution in [0.15, 0.2) is 0 Å². The van der Waals surface area contributed by atoms with Gasteiger partial charge in [-0.2, -0.15) is 0 Å². The maximum atomic E-state index is 10.9. The van der Waals surface area contributed by atoms with Crippen LogP contribution < -0.4 is 10.4 Å². The van der Waals surface area contributed by atoms with Crippen LogP contribution in [0.2, 0.25) is 0 Å². The van der Waals surface area contributed by atoms with Gasteiger partial charge in [0.2, 0.25) is 0 Å². The van der Waals surface area contributed by atoms with Gasteiger partial charge >= 0.3 is 5.97 Å². The number of carbonyl (C=O) groups is 2. The number of esters is 1. The van der Waals surface area contributed by atoms with Crippen LogP contribution in [-0.4, -0.2) is 25.2 Å². The molecule has 0 rings (SSSR count). The van der Waals surface area contributed by atoms with E-state index < -0.39 is 18.1 Å². The van der Waals surface area contributed by atoms with E-state index in [1.807, 2.05) is 5.32 Å². The predicted octanol–water partition coefficient (Wildman–Crippen LogP) is -0.883. The van der Waals surface area contributed by atoms with Gasteiger partial charge < -0.3 is 20.0 Å². The smallest absolute Gasteiger partial charge is 0.328 e. The molecule has 0 aromatic rings. The summed E-state index contributed by atoms with van der Waals surface area (Å²) in [4.78, 5) is 21.0. The zero-order valence-corrected chi connectivity index (χ0v) is 7.29. The Morgan fingerprint density at radius 2 is 1.92 bits per heavy atom. The molecule has 1 unspecified atom stereocenters. The summed E-state index contributed by atoms with van der Waals surface area (Å²) in [6.07, 6.45) is -1.47. The summed E-state index contributed by atoms with van der Waals surface area (Å²) in [5.41, 5.74) is 0. The molecule has 0 radical (unpaired) electrons. The summed E-state index contributed by atoms with van der Waals surface area (Å²) in [5, 5.41) is 12.1. The van der Waals surface area contributed by atoms with Gasteiger partial charge in [0.1, 0.15) is 12.1 Å². The Hall–Kier alpha value is -1.26. The molecule has 0 aliphatic heterocycles. The fourth-order valence-corrected chi connectivity index (χ4v) is 0.752. The lowest BCUT2D eigenvalue weighted by Gasteiger charge is -2.20. The summed E-state index contributed by atoms with van der Waals surface area (Å²) in [7, 11) is 1.20. The summed E-state index contributed by atoms with van der Waals surface area (Å²) in [6.45, 7) is 3.41. The minimum Gasteiger partial charge on any atom is -0.530 e. The second-order valence-corrected chi connectivity index (χ2v) is 2.68. The number of amides is 1. The Labute approximate surface area is 70.7 Å². The van der Waals surface area contributed by atoms with Crippen LogP contribution in [0, 0.1) is 5.92 Å². The van der Waals surface area contributed by atoms with Crippen LogP contribution in [0.1, 0.15) is 13.8 Å². The monoisotopic (exact) mass is 174 g/mol. The van der Waals surface area contributed by atoms with Crippen LogP contribution >= 0.6 is 0 Å². The van der Waals surface area contributed by atoms with Crippen molar-refractivity contribution in [2.24, 2.45) is 5.92 Å². The van der Waals surface area contributed by atoms with Gasteiger partial charge in [-0.05, 0) is 5.92 Å². The van der Waals surface area contributed by atoms with Crippen molar-refractivity contribution >= 4 is 12.1 Å². The molecule has 1 amide bonds. The van der Waals surface area contributed by atoms with E-state index in [1.165, 1.54) is 7.11 Å². The van der Waals surface area contributed by atoms with Crippen molar-refractivity contribution in [3.63, 3.8) is 0 Å². The van der Waals surface area contributed by atoms with Crippen molar-refractivity contribution in [3.8, 4) is 0 Å². The molecule has 0 saturated heterocycles. The Morgan fingerprint density at radius 1 is 1.42 bits per heavy atom. The summed E-state index contributed by atoms with van der Waals surface area (Å²) in [6, 6.07) is -0.847. The van der Waals surface area contributed by atoms with Crippen molar-refractivity contribution in [2.75, 3.05) is 7.11 Å². The summed E-state index contributed by atoms with van der Waals surface area (Å²) < 4.78 is 4.38. The lowest BCUT2D eigenvalue weighted by atomic mass is 10.1. The van der Waals surface area contributed by atoms with Crippen molar-refractivity contribution in [2.45, 2.75) is 19.9 Å². The first kappa shape index (κ1) is 10.7. The van der Waals surface area contributed by atoms with Crippen LogP contribution in [0.3, 0.4) is 0 Å². The third kappa shape index (κ3) is 3.23. The second kappa shape index (κ2) is 4.58. The Kier molecular flexibility index (Phi) is 4.10. The van der Waals surface area contributed by atoms with Gasteiger partial charge in [-0.15, -0.1) is 0 Å². The predicted molar refractivity (Wildman–Crippen MR) is 39.2 cm³/mol. The van der Waals surface area contributed by atoms with Gasteiger partial charge in [-0.1, -0.05) is 13.8 Å². The number of nitrogens with one attached hydrogen (secondary N) is 1. The van der Waals surface area contributed by atoms with Gasteiger partial charge in [0.15, 0.2) is 0 Å². The van der Waals surface area contributed by atoms with E-state index in [-0.39, 0.29) is 5.92 Å². The lowest BCUT2D eigenvalue weighted by Crippen LogP contribution is -2.50. The summed E-state index contributed by atoms with van der Waals surface area (Å²) >= 11 is 0. The topological polar surface area (TPSA) is 78.5 Å². The van der Waals surface area contributed by atoms with Gasteiger partial charge in [-0.3, -0.25) is 0 Å². The van der Waals surface area contributed by atoms with E-state index in [0.717, 1.165) is 0 Å². The minimum absolute atomic E-state index is 0.157. The van der Waals surface area contributed by atoms with Crippen LogP contribution in [0.25, 0.3) is 0 Å². The molecule has 0 aromatic carbocycles. The average Bonchev–Trinajstić information content (AvgIpc) is 1.98. The molecule has 0 fully saturated rings. The van der Waals surface area contributed by atoms with E-state index in [1.54, 1.807) is 13.8 Å². The first-order valence-electron chi connectivity index (χ1n) is 3.54. The molecule has 0 aliphatic rings. The highest BCUT2D eigenvalue weighted by molar-refractivity contribution is 5.80. The third-order valence-corrected chi connectivity index (χ3v) is 1.40. The van der Waals surface area contributed by atoms with Crippen molar-refractivity contribution in [1.29, 1.82) is 0 Å². The minimum atomic E-state index is -1.47. The van der Waals surface area contributed by atoms with E-state index in [4.69, 9.17) is 0 Å². The molecule has 70 valence electrons. The molecule has 12 heavy (non-hydrogen) atoms. The van der Waals surface area contributed by atoms with Crippen LogP contribution in [-0.2, 0) is 9.53 Å². The van der Waals surface area contributed by atoms with E-state index in [0.29, 0.717) is 0 Å². The SMILES string of the molecule is COC(=O)C(NC(=O)[O-])C(C)C. The fourth-order valence-electron chi connectivity index (χ4n) is 0.752. The van der Waals surface area contributed by atoms with Gasteiger partial charge in [0, 0.05) is 0 Å². The highest BCUT2D eigenvalue weighted by Crippen LogP contribution is 2.02. The number of carboxylic acid groups (broad SMARTS) is 1. The number of hydrogen-bond acceptors (Lipinski definition) is 4. The van der Waals surface area contributed by atoms with Crippen LogP contribution in [0.4, 0.5) is 4.79 Å². The lowest BCUT2D eigenvalue weighted by molar-refractivity contribution is -0.252. The van der Waals surface area contributed by atoms with Crippen LogP contribution in [0.5, 0.6) is 0 Å². The highest BCUT2D eigenvalue weighted by atomic mass is 16.5. The molecular weight excluding hydrogens is 162 g/mol. The third-order valence-electron chi connectivity index (χ3n) is 1.40. The zero-order valence-electron chi connectivity index (χ0n) is 7.29. The standard InChI is InChI=1S/C7H13NO4/c1-4(2)5(6(9)12-3)8-7(10)11/h4-5,8H,1-3H3,(H,10,11)/p-1. The molecular formula is C7H12NO4-. The molecule has 0 spiro atoms. The van der Waals surface area contributed by atoms with Gasteiger partial charge in [0.05, 0.1) is 7.11 Å². The molecule has 1 N–H and O–H groups in total. The normalized spacial score (nSPS) is 12.3. The van der Waals surface area contributed by atoms with Gasteiger partial charge in [0.25, 0.3) is 0 Å².